The van der Waals surface area contributed by atoms with Crippen molar-refractivity contribution < 1.29 is 14.4 Å². The van der Waals surface area contributed by atoms with Crippen LogP contribution in [0.5, 0.6) is 0 Å². The molecule has 0 bridgehead atoms. The minimum atomic E-state index is -0.434. The quantitative estimate of drug-likeness (QED) is 0.357. The summed E-state index contributed by atoms with van der Waals surface area (Å²) >= 11 is 0. The van der Waals surface area contributed by atoms with Gasteiger partial charge in [-0.25, -0.2) is 0 Å². The Hall–Kier alpha value is -1.39. The van der Waals surface area contributed by atoms with Gasteiger partial charge in [-0.2, -0.15) is 0 Å². The van der Waals surface area contributed by atoms with Crippen LogP contribution in [0.4, 0.5) is 0 Å². The number of amides is 2. The second kappa shape index (κ2) is 7.71. The smallest absolute Gasteiger partial charge is 0.207 e. The summed E-state index contributed by atoms with van der Waals surface area (Å²) in [5.74, 6) is 0. The summed E-state index contributed by atoms with van der Waals surface area (Å²) in [7, 11) is 0. The number of aldehydes is 1. The van der Waals surface area contributed by atoms with Gasteiger partial charge in [0.05, 0.1) is 6.04 Å². The minimum Gasteiger partial charge on any atom is -0.359 e. The zero-order chi connectivity index (χ0) is 9.23. The predicted octanol–water partition coefficient (Wildman–Crippen LogP) is -1.17. The second-order valence-corrected chi connectivity index (χ2v) is 2.24. The molecule has 68 valence electrons. The van der Waals surface area contributed by atoms with Gasteiger partial charge in [0.15, 0.2) is 0 Å². The van der Waals surface area contributed by atoms with E-state index in [1.807, 2.05) is 0 Å². The van der Waals surface area contributed by atoms with Crippen molar-refractivity contribution in [2.45, 2.75) is 18.9 Å². The van der Waals surface area contributed by atoms with Gasteiger partial charge in [-0.05, 0) is 12.8 Å². The third-order valence-electron chi connectivity index (χ3n) is 1.37. The summed E-state index contributed by atoms with van der Waals surface area (Å²) in [6.07, 6.45) is 2.98. The van der Waals surface area contributed by atoms with Gasteiger partial charge in [-0.3, -0.25) is 9.59 Å². The van der Waals surface area contributed by atoms with Gasteiger partial charge in [-0.1, -0.05) is 0 Å². The van der Waals surface area contributed by atoms with Crippen LogP contribution in [-0.2, 0) is 14.4 Å². The first-order valence-corrected chi connectivity index (χ1v) is 3.67. The molecule has 0 saturated heterocycles. The van der Waals surface area contributed by atoms with Gasteiger partial charge in [-0.15, -0.1) is 0 Å². The summed E-state index contributed by atoms with van der Waals surface area (Å²) in [4.78, 5) is 30.0. The van der Waals surface area contributed by atoms with Crippen molar-refractivity contribution in [2.24, 2.45) is 0 Å². The Morgan fingerprint density at radius 1 is 1.17 bits per heavy atom. The zero-order valence-corrected chi connectivity index (χ0v) is 6.66. The molecule has 0 aliphatic rings. The Kier molecular flexibility index (Phi) is 6.82. The molecule has 5 heteroatoms. The van der Waals surface area contributed by atoms with E-state index < -0.39 is 6.04 Å². The highest BCUT2D eigenvalue weighted by Crippen LogP contribution is 1.91. The van der Waals surface area contributed by atoms with E-state index in [1.165, 1.54) is 0 Å². The Morgan fingerprint density at radius 3 is 2.42 bits per heavy atom. The van der Waals surface area contributed by atoms with Crippen molar-refractivity contribution in [1.29, 1.82) is 0 Å². The summed E-state index contributed by atoms with van der Waals surface area (Å²) in [6.45, 7) is 0.522. The van der Waals surface area contributed by atoms with Gasteiger partial charge in [0.25, 0.3) is 0 Å². The van der Waals surface area contributed by atoms with Crippen LogP contribution in [0.3, 0.4) is 0 Å². The highest BCUT2D eigenvalue weighted by Gasteiger charge is 2.03. The average Bonchev–Trinajstić information content (AvgIpc) is 2.10. The van der Waals surface area contributed by atoms with Crippen LogP contribution in [0.25, 0.3) is 0 Å². The Morgan fingerprint density at radius 2 is 1.92 bits per heavy atom. The summed E-state index contributed by atoms with van der Waals surface area (Å²) in [5, 5.41) is 4.80. The van der Waals surface area contributed by atoms with E-state index in [2.05, 4.69) is 10.6 Å². The van der Waals surface area contributed by atoms with E-state index in [1.54, 1.807) is 0 Å². The third-order valence-corrected chi connectivity index (χ3v) is 1.37. The number of hydrogen-bond acceptors (Lipinski definition) is 3. The molecule has 0 saturated carbocycles. The Balaban J connectivity index is 3.36. The lowest BCUT2D eigenvalue weighted by molar-refractivity contribution is -0.115. The van der Waals surface area contributed by atoms with Crippen molar-refractivity contribution in [2.75, 3.05) is 6.54 Å². The second-order valence-electron chi connectivity index (χ2n) is 2.24. The maximum Gasteiger partial charge on any atom is 0.207 e. The molecule has 2 N–H and O–H groups in total. The maximum absolute atomic E-state index is 10.2. The number of nitrogens with one attached hydrogen (secondary N) is 2. The van der Waals surface area contributed by atoms with Crippen LogP contribution in [-0.4, -0.2) is 31.7 Å². The average molecular weight is 172 g/mol. The van der Waals surface area contributed by atoms with Gasteiger partial charge < -0.3 is 15.4 Å². The van der Waals surface area contributed by atoms with E-state index >= 15 is 0 Å². The van der Waals surface area contributed by atoms with Crippen LogP contribution in [0, 0.1) is 0 Å². The first kappa shape index (κ1) is 10.6. The number of carbonyl (C=O) groups excluding carboxylic acids is 3. The molecule has 1 atom stereocenters. The third kappa shape index (κ3) is 5.40. The van der Waals surface area contributed by atoms with E-state index in [0.717, 1.165) is 0 Å². The molecule has 0 fully saturated rings. The predicted molar refractivity (Wildman–Crippen MR) is 42.4 cm³/mol. The largest absolute Gasteiger partial charge is 0.359 e. The fraction of sp³-hybridized carbons (Fsp3) is 0.571. The molecule has 1 unspecified atom stereocenters. The number of carbonyl (C=O) groups is 3. The molecular formula is C7H12N2O3. The normalized spacial score (nSPS) is 11.3. The molecule has 0 aromatic heterocycles. The maximum atomic E-state index is 10.2. The molecule has 0 aliphatic carbocycles. The fourth-order valence-corrected chi connectivity index (χ4v) is 0.761. The van der Waals surface area contributed by atoms with Crippen LogP contribution in [0.2, 0.25) is 0 Å². The highest BCUT2D eigenvalue weighted by molar-refractivity contribution is 5.63. The lowest BCUT2D eigenvalue weighted by atomic mass is 10.2. The van der Waals surface area contributed by atoms with E-state index in [0.29, 0.717) is 38.5 Å². The first-order chi connectivity index (χ1) is 5.85. The molecule has 0 radical (unpaired) electrons. The van der Waals surface area contributed by atoms with Crippen molar-refractivity contribution in [1.82, 2.24) is 10.6 Å². The van der Waals surface area contributed by atoms with Gasteiger partial charge >= 0.3 is 0 Å². The van der Waals surface area contributed by atoms with Gasteiger partial charge in [0.2, 0.25) is 12.8 Å². The first-order valence-electron chi connectivity index (χ1n) is 3.67. The topological polar surface area (TPSA) is 75.3 Å². The van der Waals surface area contributed by atoms with Crippen molar-refractivity contribution >= 4 is 19.1 Å². The molecule has 0 spiro atoms. The molecule has 0 aliphatic heterocycles. The molecule has 2 amide bonds. The molecule has 0 aromatic carbocycles. The van der Waals surface area contributed by atoms with Crippen LogP contribution in [0.15, 0.2) is 0 Å². The lowest BCUT2D eigenvalue weighted by Crippen LogP contribution is -2.30. The number of rotatable bonds is 8. The van der Waals surface area contributed by atoms with E-state index in [-0.39, 0.29) is 0 Å². The molecule has 0 aromatic rings. The highest BCUT2D eigenvalue weighted by atomic mass is 16.1. The lowest BCUT2D eigenvalue weighted by Gasteiger charge is -2.07. The summed E-state index contributed by atoms with van der Waals surface area (Å²) in [6, 6.07) is -0.434. The molecule has 0 rings (SSSR count). The number of hydrogen-bond donors (Lipinski definition) is 2. The standard InChI is InChI=1S/C7H12N2O3/c10-4-7(9-6-12)2-1-3-8-5-11/h4-7H,1-3H2,(H,8,11)(H,9,12). The zero-order valence-electron chi connectivity index (χ0n) is 6.66. The van der Waals surface area contributed by atoms with Crippen LogP contribution < -0.4 is 10.6 Å². The Labute approximate surface area is 70.5 Å². The molecular weight excluding hydrogens is 160 g/mol. The summed E-state index contributed by atoms with van der Waals surface area (Å²) < 4.78 is 0. The van der Waals surface area contributed by atoms with Crippen molar-refractivity contribution in [3.63, 3.8) is 0 Å². The van der Waals surface area contributed by atoms with Gasteiger partial charge in [0.1, 0.15) is 6.29 Å². The van der Waals surface area contributed by atoms with Crippen molar-refractivity contribution in [3.8, 4) is 0 Å². The van der Waals surface area contributed by atoms with Crippen molar-refractivity contribution in [3.05, 3.63) is 0 Å². The molecule has 5 nitrogen and oxygen atoms in total. The van der Waals surface area contributed by atoms with Gasteiger partial charge in [0, 0.05) is 6.54 Å². The minimum absolute atomic E-state index is 0.434. The fourth-order valence-electron chi connectivity index (χ4n) is 0.761. The Bertz CT molecular complexity index is 150. The van der Waals surface area contributed by atoms with Crippen LogP contribution >= 0.6 is 0 Å². The molecule has 12 heavy (non-hydrogen) atoms. The van der Waals surface area contributed by atoms with E-state index in [4.69, 9.17) is 0 Å². The monoisotopic (exact) mass is 172 g/mol. The van der Waals surface area contributed by atoms with E-state index in [9.17, 15) is 14.4 Å². The molecule has 0 heterocycles. The SMILES string of the molecule is O=CNCCCC(C=O)NC=O. The van der Waals surface area contributed by atoms with Crippen LogP contribution in [0.1, 0.15) is 12.8 Å². The summed E-state index contributed by atoms with van der Waals surface area (Å²) in [5.41, 5.74) is 0.